The smallest absolute Gasteiger partial charge is 0.111 e. The summed E-state index contributed by atoms with van der Waals surface area (Å²) >= 11 is 1.84. The van der Waals surface area contributed by atoms with Crippen LogP contribution in [0.5, 0.6) is 0 Å². The van der Waals surface area contributed by atoms with Gasteiger partial charge in [0.25, 0.3) is 0 Å². The summed E-state index contributed by atoms with van der Waals surface area (Å²) < 4.78 is 10.9. The number of ether oxygens (including phenoxy) is 2. The van der Waals surface area contributed by atoms with Crippen molar-refractivity contribution >= 4 is 11.8 Å². The van der Waals surface area contributed by atoms with E-state index < -0.39 is 0 Å². The van der Waals surface area contributed by atoms with E-state index in [1.54, 1.807) is 0 Å². The molecule has 1 fully saturated rings. The van der Waals surface area contributed by atoms with Gasteiger partial charge in [0, 0.05) is 10.7 Å². The van der Waals surface area contributed by atoms with E-state index in [9.17, 15) is 0 Å². The largest absolute Gasteiger partial charge is 0.495 e. The van der Waals surface area contributed by atoms with Crippen LogP contribution in [0.25, 0.3) is 0 Å². The minimum Gasteiger partial charge on any atom is -0.495 e. The second-order valence-corrected chi connectivity index (χ2v) is 4.14. The van der Waals surface area contributed by atoms with Gasteiger partial charge in [0.05, 0.1) is 19.1 Å². The van der Waals surface area contributed by atoms with Crippen molar-refractivity contribution in [1.82, 2.24) is 0 Å². The monoisotopic (exact) mass is 172 g/mol. The molecular formula is C8H12O2S. The molecule has 3 heteroatoms. The third kappa shape index (κ3) is 1.40. The van der Waals surface area contributed by atoms with Gasteiger partial charge >= 0.3 is 0 Å². The molecule has 0 radical (unpaired) electrons. The molecule has 0 aromatic heterocycles. The summed E-state index contributed by atoms with van der Waals surface area (Å²) in [6.45, 7) is 4.51. The maximum atomic E-state index is 5.51. The Balaban J connectivity index is 2.09. The van der Waals surface area contributed by atoms with Gasteiger partial charge in [-0.3, -0.25) is 0 Å². The highest BCUT2D eigenvalue weighted by molar-refractivity contribution is 8.03. The van der Waals surface area contributed by atoms with E-state index in [4.69, 9.17) is 9.47 Å². The lowest BCUT2D eigenvalue weighted by Crippen LogP contribution is -2.16. The number of hydrogen-bond acceptors (Lipinski definition) is 3. The number of rotatable bonds is 0. The first-order valence-electron chi connectivity index (χ1n) is 3.94. The highest BCUT2D eigenvalue weighted by Crippen LogP contribution is 2.36. The Labute approximate surface area is 70.9 Å². The van der Waals surface area contributed by atoms with Crippen LogP contribution in [0.3, 0.4) is 0 Å². The van der Waals surface area contributed by atoms with Crippen LogP contribution < -0.4 is 0 Å². The van der Waals surface area contributed by atoms with Gasteiger partial charge in [-0.25, -0.2) is 0 Å². The van der Waals surface area contributed by atoms with Crippen LogP contribution in [0.15, 0.2) is 11.2 Å². The SMILES string of the molecule is CC1SC=C2OCCOCC21. The summed E-state index contributed by atoms with van der Waals surface area (Å²) in [5.74, 6) is 1.64. The zero-order valence-electron chi connectivity index (χ0n) is 6.58. The molecule has 2 aliphatic rings. The van der Waals surface area contributed by atoms with E-state index >= 15 is 0 Å². The Bertz CT molecular complexity index is 179. The third-order valence-corrected chi connectivity index (χ3v) is 3.25. The molecule has 0 amide bonds. The van der Waals surface area contributed by atoms with Crippen LogP contribution in [0.2, 0.25) is 0 Å². The maximum absolute atomic E-state index is 5.51. The van der Waals surface area contributed by atoms with Crippen LogP contribution in [0.1, 0.15) is 6.92 Å². The molecule has 2 atom stereocenters. The minimum absolute atomic E-state index is 0.502. The van der Waals surface area contributed by atoms with Gasteiger partial charge in [-0.15, -0.1) is 11.8 Å². The minimum atomic E-state index is 0.502. The van der Waals surface area contributed by atoms with Crippen LogP contribution in [0.4, 0.5) is 0 Å². The van der Waals surface area contributed by atoms with E-state index in [0.717, 1.165) is 25.6 Å². The first-order valence-corrected chi connectivity index (χ1v) is 4.88. The molecule has 0 aromatic rings. The predicted octanol–water partition coefficient (Wildman–Crippen LogP) is 1.63. The summed E-state index contributed by atoms with van der Waals surface area (Å²) in [7, 11) is 0. The van der Waals surface area contributed by atoms with E-state index in [2.05, 4.69) is 12.3 Å². The number of thioether (sulfide) groups is 1. The molecule has 62 valence electrons. The Morgan fingerprint density at radius 3 is 3.36 bits per heavy atom. The van der Waals surface area contributed by atoms with Crippen LogP contribution in [-0.2, 0) is 9.47 Å². The van der Waals surface area contributed by atoms with E-state index in [1.807, 2.05) is 11.8 Å². The third-order valence-electron chi connectivity index (χ3n) is 2.12. The molecule has 2 rings (SSSR count). The van der Waals surface area contributed by atoms with Gasteiger partial charge < -0.3 is 9.47 Å². The first kappa shape index (κ1) is 7.50. The molecule has 0 N–H and O–H groups in total. The molecule has 0 spiro atoms. The van der Waals surface area contributed by atoms with E-state index in [0.29, 0.717) is 11.2 Å². The lowest BCUT2D eigenvalue weighted by molar-refractivity contribution is 0.111. The van der Waals surface area contributed by atoms with E-state index in [1.165, 1.54) is 0 Å². The zero-order valence-corrected chi connectivity index (χ0v) is 7.39. The average Bonchev–Trinajstić information content (AvgIpc) is 2.25. The normalized spacial score (nSPS) is 37.0. The van der Waals surface area contributed by atoms with Crippen LogP contribution >= 0.6 is 11.8 Å². The zero-order chi connectivity index (χ0) is 7.68. The van der Waals surface area contributed by atoms with Crippen molar-refractivity contribution in [2.24, 2.45) is 5.92 Å². The molecule has 0 aromatic carbocycles. The molecule has 0 bridgehead atoms. The fraction of sp³-hybridized carbons (Fsp3) is 0.750. The molecule has 2 nitrogen and oxygen atoms in total. The van der Waals surface area contributed by atoms with Gasteiger partial charge in [0.15, 0.2) is 0 Å². The summed E-state index contributed by atoms with van der Waals surface area (Å²) in [5, 5.41) is 2.76. The van der Waals surface area contributed by atoms with Crippen molar-refractivity contribution in [1.29, 1.82) is 0 Å². The van der Waals surface area contributed by atoms with Crippen molar-refractivity contribution < 1.29 is 9.47 Å². The first-order chi connectivity index (χ1) is 5.38. The lowest BCUT2D eigenvalue weighted by Gasteiger charge is -2.13. The van der Waals surface area contributed by atoms with Gasteiger partial charge in [0.2, 0.25) is 0 Å². The summed E-state index contributed by atoms with van der Waals surface area (Å²) in [4.78, 5) is 0. The van der Waals surface area contributed by atoms with Crippen molar-refractivity contribution in [3.63, 3.8) is 0 Å². The van der Waals surface area contributed by atoms with E-state index in [-0.39, 0.29) is 0 Å². The quantitative estimate of drug-likeness (QED) is 0.553. The molecule has 2 aliphatic heterocycles. The number of hydrogen-bond donors (Lipinski definition) is 0. The highest BCUT2D eigenvalue weighted by atomic mass is 32.2. The van der Waals surface area contributed by atoms with Gasteiger partial charge in [-0.1, -0.05) is 6.92 Å². The van der Waals surface area contributed by atoms with Gasteiger partial charge in [0.1, 0.15) is 12.4 Å². The fourth-order valence-corrected chi connectivity index (χ4v) is 2.37. The van der Waals surface area contributed by atoms with Gasteiger partial charge in [-0.2, -0.15) is 0 Å². The topological polar surface area (TPSA) is 18.5 Å². The Morgan fingerprint density at radius 2 is 2.45 bits per heavy atom. The molecule has 0 aliphatic carbocycles. The molecular weight excluding hydrogens is 160 g/mol. The second-order valence-electron chi connectivity index (χ2n) is 2.89. The number of fused-ring (bicyclic) bond motifs is 1. The Morgan fingerprint density at radius 1 is 1.55 bits per heavy atom. The highest BCUT2D eigenvalue weighted by Gasteiger charge is 2.30. The maximum Gasteiger partial charge on any atom is 0.111 e. The lowest BCUT2D eigenvalue weighted by atomic mass is 10.1. The standard InChI is InChI=1S/C8H12O2S/c1-6-7-4-9-2-3-10-8(7)5-11-6/h5-7H,2-4H2,1H3. The molecule has 0 saturated carbocycles. The molecule has 2 unspecified atom stereocenters. The van der Waals surface area contributed by atoms with Crippen LogP contribution in [-0.4, -0.2) is 25.1 Å². The van der Waals surface area contributed by atoms with Gasteiger partial charge in [-0.05, 0) is 0 Å². The average molecular weight is 172 g/mol. The summed E-state index contributed by atoms with van der Waals surface area (Å²) in [5.41, 5.74) is 0. The Kier molecular flexibility index (Phi) is 2.09. The molecule has 1 saturated heterocycles. The second kappa shape index (κ2) is 3.07. The molecule has 11 heavy (non-hydrogen) atoms. The van der Waals surface area contributed by atoms with Crippen molar-refractivity contribution in [2.75, 3.05) is 19.8 Å². The predicted molar refractivity (Wildman–Crippen MR) is 45.4 cm³/mol. The summed E-state index contributed by atoms with van der Waals surface area (Å²) in [6.07, 6.45) is 0. The molecule has 2 heterocycles. The van der Waals surface area contributed by atoms with Crippen LogP contribution in [0, 0.1) is 5.92 Å². The van der Waals surface area contributed by atoms with Crippen molar-refractivity contribution in [3.8, 4) is 0 Å². The fourth-order valence-electron chi connectivity index (χ4n) is 1.38. The van der Waals surface area contributed by atoms with Crippen molar-refractivity contribution in [2.45, 2.75) is 12.2 Å². The summed E-state index contributed by atoms with van der Waals surface area (Å²) in [6, 6.07) is 0. The Hall–Kier alpha value is -0.150. The van der Waals surface area contributed by atoms with Crippen molar-refractivity contribution in [3.05, 3.63) is 11.2 Å².